The number of thiophene rings is 1. The van der Waals surface area contributed by atoms with Gasteiger partial charge in [-0.25, -0.2) is 4.98 Å². The van der Waals surface area contributed by atoms with Gasteiger partial charge in [0.05, 0.1) is 17.6 Å². The number of carbonyl (C=O) groups excluding carboxylic acids is 1. The highest BCUT2D eigenvalue weighted by Crippen LogP contribution is 2.24. The minimum Gasteiger partial charge on any atom is -0.355 e. The molecule has 20 heavy (non-hydrogen) atoms. The van der Waals surface area contributed by atoms with E-state index < -0.39 is 0 Å². The quantitative estimate of drug-likeness (QED) is 0.794. The molecule has 0 spiro atoms. The van der Waals surface area contributed by atoms with Gasteiger partial charge < -0.3 is 9.84 Å². The summed E-state index contributed by atoms with van der Waals surface area (Å²) in [4.78, 5) is 20.5. The Morgan fingerprint density at radius 3 is 3.10 bits per heavy atom. The number of nitrogens with zero attached hydrogens (tertiary/aromatic N) is 3. The van der Waals surface area contributed by atoms with Crippen LogP contribution in [0.3, 0.4) is 0 Å². The Kier molecular flexibility index (Phi) is 3.51. The summed E-state index contributed by atoms with van der Waals surface area (Å²) < 4.78 is 5.23. The van der Waals surface area contributed by atoms with Crippen molar-refractivity contribution >= 4 is 17.2 Å². The lowest BCUT2D eigenvalue weighted by molar-refractivity contribution is 0.0944. The van der Waals surface area contributed by atoms with Gasteiger partial charge in [0.15, 0.2) is 5.76 Å². The van der Waals surface area contributed by atoms with Crippen LogP contribution in [0.15, 0.2) is 46.7 Å². The molecule has 1 amide bonds. The third kappa shape index (κ3) is 2.72. The van der Waals surface area contributed by atoms with Crippen LogP contribution in [0.1, 0.15) is 16.2 Å². The second kappa shape index (κ2) is 5.62. The third-order valence-electron chi connectivity index (χ3n) is 2.55. The highest BCUT2D eigenvalue weighted by atomic mass is 32.1. The fourth-order valence-corrected chi connectivity index (χ4v) is 2.28. The summed E-state index contributed by atoms with van der Waals surface area (Å²) in [5.74, 6) is 0.405. The van der Waals surface area contributed by atoms with Crippen LogP contribution < -0.4 is 5.32 Å². The fourth-order valence-electron chi connectivity index (χ4n) is 1.61. The maximum Gasteiger partial charge on any atom is 0.271 e. The van der Waals surface area contributed by atoms with Crippen molar-refractivity contribution in [3.05, 3.63) is 53.6 Å². The molecule has 0 aliphatic heterocycles. The third-order valence-corrected chi connectivity index (χ3v) is 3.43. The number of carbonyl (C=O) groups is 1. The van der Waals surface area contributed by atoms with E-state index in [4.69, 9.17) is 4.52 Å². The average Bonchev–Trinajstić information content (AvgIpc) is 3.16. The minimum atomic E-state index is -0.293. The Balaban J connectivity index is 1.63. The summed E-state index contributed by atoms with van der Waals surface area (Å²) >= 11 is 1.57. The normalized spacial score (nSPS) is 10.4. The lowest BCUT2D eigenvalue weighted by Crippen LogP contribution is -2.23. The van der Waals surface area contributed by atoms with Crippen molar-refractivity contribution in [3.8, 4) is 10.6 Å². The highest BCUT2D eigenvalue weighted by molar-refractivity contribution is 7.13. The summed E-state index contributed by atoms with van der Waals surface area (Å²) in [5, 5.41) is 8.60. The van der Waals surface area contributed by atoms with Gasteiger partial charge >= 0.3 is 0 Å². The standard InChI is InChI=1S/C13H10N4O2S/c18-13(10-8-14-3-4-15-10)16-7-9-6-11(19-17-9)12-2-1-5-20-12/h1-6,8H,7H2,(H,16,18). The molecule has 0 atom stereocenters. The van der Waals surface area contributed by atoms with Crippen molar-refractivity contribution in [1.29, 1.82) is 0 Å². The van der Waals surface area contributed by atoms with E-state index in [1.807, 2.05) is 23.6 Å². The first kappa shape index (κ1) is 12.5. The van der Waals surface area contributed by atoms with Crippen LogP contribution >= 0.6 is 11.3 Å². The Hall–Kier alpha value is -2.54. The van der Waals surface area contributed by atoms with Crippen LogP contribution in [0.25, 0.3) is 10.6 Å². The van der Waals surface area contributed by atoms with Gasteiger partial charge in [-0.05, 0) is 11.4 Å². The van der Waals surface area contributed by atoms with Crippen LogP contribution in [-0.2, 0) is 6.54 Å². The van der Waals surface area contributed by atoms with Crippen LogP contribution in [-0.4, -0.2) is 21.0 Å². The first-order chi connectivity index (χ1) is 9.83. The number of hydrogen-bond donors (Lipinski definition) is 1. The summed E-state index contributed by atoms with van der Waals surface area (Å²) in [6, 6.07) is 5.70. The maximum atomic E-state index is 11.8. The molecule has 0 unspecified atom stereocenters. The molecular formula is C13H10N4O2S. The van der Waals surface area contributed by atoms with Crippen LogP contribution in [0.5, 0.6) is 0 Å². The Bertz CT molecular complexity index is 694. The van der Waals surface area contributed by atoms with E-state index >= 15 is 0 Å². The first-order valence-corrected chi connectivity index (χ1v) is 6.74. The van der Waals surface area contributed by atoms with Crippen molar-refractivity contribution < 1.29 is 9.32 Å². The van der Waals surface area contributed by atoms with E-state index in [-0.39, 0.29) is 18.1 Å². The van der Waals surface area contributed by atoms with Gasteiger partial charge in [0, 0.05) is 18.5 Å². The number of aromatic nitrogens is 3. The second-order valence-electron chi connectivity index (χ2n) is 3.93. The Morgan fingerprint density at radius 2 is 2.35 bits per heavy atom. The van der Waals surface area contributed by atoms with Gasteiger partial charge in [-0.15, -0.1) is 11.3 Å². The molecule has 0 saturated heterocycles. The lowest BCUT2D eigenvalue weighted by Gasteiger charge is -2.00. The van der Waals surface area contributed by atoms with Gasteiger partial charge in [0.25, 0.3) is 5.91 Å². The molecule has 0 aliphatic rings. The van der Waals surface area contributed by atoms with Crippen molar-refractivity contribution in [1.82, 2.24) is 20.4 Å². The molecule has 3 aromatic heterocycles. The molecule has 7 heteroatoms. The van der Waals surface area contributed by atoms with Gasteiger partial charge in [-0.3, -0.25) is 9.78 Å². The molecule has 6 nitrogen and oxygen atoms in total. The summed E-state index contributed by atoms with van der Waals surface area (Å²) in [6.45, 7) is 0.282. The van der Waals surface area contributed by atoms with E-state index in [0.717, 1.165) is 4.88 Å². The zero-order valence-corrected chi connectivity index (χ0v) is 11.1. The molecule has 0 aliphatic carbocycles. The van der Waals surface area contributed by atoms with Crippen molar-refractivity contribution in [2.24, 2.45) is 0 Å². The van der Waals surface area contributed by atoms with Crippen molar-refractivity contribution in [2.75, 3.05) is 0 Å². The highest BCUT2D eigenvalue weighted by Gasteiger charge is 2.10. The zero-order valence-electron chi connectivity index (χ0n) is 10.3. The summed E-state index contributed by atoms with van der Waals surface area (Å²) in [5.41, 5.74) is 0.931. The monoisotopic (exact) mass is 286 g/mol. The average molecular weight is 286 g/mol. The smallest absolute Gasteiger partial charge is 0.271 e. The zero-order chi connectivity index (χ0) is 13.8. The number of nitrogens with one attached hydrogen (secondary N) is 1. The molecule has 3 rings (SSSR count). The predicted molar refractivity (Wildman–Crippen MR) is 73.0 cm³/mol. The molecule has 100 valence electrons. The van der Waals surface area contributed by atoms with Crippen LogP contribution in [0, 0.1) is 0 Å². The minimum absolute atomic E-state index is 0.273. The Morgan fingerprint density at radius 1 is 1.40 bits per heavy atom. The molecule has 3 heterocycles. The number of hydrogen-bond acceptors (Lipinski definition) is 6. The van der Waals surface area contributed by atoms with Crippen LogP contribution in [0.2, 0.25) is 0 Å². The first-order valence-electron chi connectivity index (χ1n) is 5.86. The largest absolute Gasteiger partial charge is 0.355 e. The van der Waals surface area contributed by atoms with Crippen LogP contribution in [0.4, 0.5) is 0 Å². The molecule has 0 fully saturated rings. The maximum absolute atomic E-state index is 11.8. The van der Waals surface area contributed by atoms with E-state index in [9.17, 15) is 4.79 Å². The van der Waals surface area contributed by atoms with Gasteiger partial charge in [-0.2, -0.15) is 0 Å². The van der Waals surface area contributed by atoms with Gasteiger partial charge in [-0.1, -0.05) is 11.2 Å². The molecule has 0 aromatic carbocycles. The van der Waals surface area contributed by atoms with Crippen molar-refractivity contribution in [3.63, 3.8) is 0 Å². The topological polar surface area (TPSA) is 80.9 Å². The summed E-state index contributed by atoms with van der Waals surface area (Å²) in [6.07, 6.45) is 4.40. The van der Waals surface area contributed by atoms with E-state index in [1.165, 1.54) is 18.6 Å². The molecule has 1 N–H and O–H groups in total. The summed E-state index contributed by atoms with van der Waals surface area (Å²) in [7, 11) is 0. The molecule has 0 saturated carbocycles. The number of amides is 1. The molecule has 0 radical (unpaired) electrons. The SMILES string of the molecule is O=C(NCc1cc(-c2cccs2)on1)c1cnccn1. The van der Waals surface area contributed by atoms with E-state index in [1.54, 1.807) is 11.3 Å². The second-order valence-corrected chi connectivity index (χ2v) is 4.88. The van der Waals surface area contributed by atoms with Crippen molar-refractivity contribution in [2.45, 2.75) is 6.54 Å². The molecule has 3 aromatic rings. The fraction of sp³-hybridized carbons (Fsp3) is 0.0769. The van der Waals surface area contributed by atoms with E-state index in [2.05, 4.69) is 20.4 Å². The van der Waals surface area contributed by atoms with E-state index in [0.29, 0.717) is 11.5 Å². The van der Waals surface area contributed by atoms with Gasteiger partial charge in [0.2, 0.25) is 0 Å². The Labute approximate surface area is 118 Å². The molecule has 0 bridgehead atoms. The lowest BCUT2D eigenvalue weighted by atomic mass is 10.3. The predicted octanol–water partition coefficient (Wildman–Crippen LogP) is 2.12. The van der Waals surface area contributed by atoms with Gasteiger partial charge in [0.1, 0.15) is 11.4 Å². The molecular weight excluding hydrogens is 276 g/mol. The number of rotatable bonds is 4.